The molecule has 1 aromatic carbocycles. The van der Waals surface area contributed by atoms with Crippen molar-refractivity contribution in [1.82, 2.24) is 19.9 Å². The van der Waals surface area contributed by atoms with E-state index < -0.39 is 17.8 Å². The molecule has 1 unspecified atom stereocenters. The van der Waals surface area contributed by atoms with E-state index in [9.17, 15) is 22.8 Å². The van der Waals surface area contributed by atoms with Crippen LogP contribution in [0.15, 0.2) is 30.5 Å². The van der Waals surface area contributed by atoms with Gasteiger partial charge in [0.25, 0.3) is 0 Å². The summed E-state index contributed by atoms with van der Waals surface area (Å²) in [7, 11) is 0. The lowest BCUT2D eigenvalue weighted by molar-refractivity contribution is -0.138. The van der Waals surface area contributed by atoms with E-state index in [-0.39, 0.29) is 23.9 Å². The van der Waals surface area contributed by atoms with Crippen LogP contribution in [0.1, 0.15) is 42.4 Å². The number of nitrogens with one attached hydrogen (secondary N) is 1. The monoisotopic (exact) mass is 486 g/mol. The van der Waals surface area contributed by atoms with Gasteiger partial charge in [-0.15, -0.1) is 0 Å². The molecule has 3 heterocycles. The van der Waals surface area contributed by atoms with E-state index in [1.807, 2.05) is 0 Å². The number of hydrogen-bond acceptors (Lipinski definition) is 6. The average molecular weight is 486 g/mol. The quantitative estimate of drug-likeness (QED) is 0.599. The van der Waals surface area contributed by atoms with Crippen LogP contribution in [-0.4, -0.2) is 51.3 Å². The van der Waals surface area contributed by atoms with Crippen molar-refractivity contribution in [1.29, 1.82) is 0 Å². The third-order valence-corrected chi connectivity index (χ3v) is 6.13. The molecular formula is C24H25F3N6O2. The SMILES string of the molecule is CC(=O)N1CCN(c2cnc3nc(C)nc(NC(C)c4cccc(C(F)(F)F)c4C)c3c2)C(=O)C1. The van der Waals surface area contributed by atoms with Crippen molar-refractivity contribution in [3.8, 4) is 0 Å². The maximum absolute atomic E-state index is 13.4. The molecule has 2 aromatic heterocycles. The van der Waals surface area contributed by atoms with Crippen LogP contribution in [0.3, 0.4) is 0 Å². The van der Waals surface area contributed by atoms with Crippen molar-refractivity contribution in [2.24, 2.45) is 0 Å². The fourth-order valence-corrected chi connectivity index (χ4v) is 4.30. The highest BCUT2D eigenvalue weighted by Crippen LogP contribution is 2.35. The van der Waals surface area contributed by atoms with Gasteiger partial charge in [0, 0.05) is 20.0 Å². The van der Waals surface area contributed by atoms with Gasteiger partial charge in [0.1, 0.15) is 18.2 Å². The van der Waals surface area contributed by atoms with E-state index in [1.165, 1.54) is 24.8 Å². The molecule has 8 nitrogen and oxygen atoms in total. The summed E-state index contributed by atoms with van der Waals surface area (Å²) in [6.07, 6.45) is -2.91. The van der Waals surface area contributed by atoms with Gasteiger partial charge >= 0.3 is 6.18 Å². The Morgan fingerprint density at radius 3 is 2.57 bits per heavy atom. The second-order valence-electron chi connectivity index (χ2n) is 8.55. The van der Waals surface area contributed by atoms with Crippen LogP contribution in [0.4, 0.5) is 24.7 Å². The molecule has 1 N–H and O–H groups in total. The number of alkyl halides is 3. The lowest BCUT2D eigenvalue weighted by Gasteiger charge is -2.33. The zero-order chi connectivity index (χ0) is 25.5. The Balaban J connectivity index is 1.68. The van der Waals surface area contributed by atoms with Crippen molar-refractivity contribution in [3.63, 3.8) is 0 Å². The van der Waals surface area contributed by atoms with Crippen molar-refractivity contribution >= 4 is 34.4 Å². The number of carbonyl (C=O) groups is 2. The molecule has 1 atom stereocenters. The zero-order valence-electron chi connectivity index (χ0n) is 19.8. The molecule has 1 aliphatic heterocycles. The Morgan fingerprint density at radius 1 is 1.17 bits per heavy atom. The summed E-state index contributed by atoms with van der Waals surface area (Å²) in [4.78, 5) is 40.5. The van der Waals surface area contributed by atoms with Gasteiger partial charge in [0.2, 0.25) is 11.8 Å². The minimum absolute atomic E-state index is 0.0191. The predicted octanol–water partition coefficient (Wildman–Crippen LogP) is 4.03. The Labute approximate surface area is 200 Å². The molecule has 0 saturated carbocycles. The first-order valence-corrected chi connectivity index (χ1v) is 11.1. The molecular weight excluding hydrogens is 461 g/mol. The predicted molar refractivity (Wildman–Crippen MR) is 125 cm³/mol. The first-order valence-electron chi connectivity index (χ1n) is 11.1. The van der Waals surface area contributed by atoms with Gasteiger partial charge < -0.3 is 15.1 Å². The van der Waals surface area contributed by atoms with Crippen molar-refractivity contribution in [2.75, 3.05) is 29.9 Å². The highest BCUT2D eigenvalue weighted by molar-refractivity contribution is 5.99. The number of carbonyl (C=O) groups excluding carboxylic acids is 2. The Kier molecular flexibility index (Phi) is 6.35. The molecule has 0 spiro atoms. The lowest BCUT2D eigenvalue weighted by Crippen LogP contribution is -2.51. The van der Waals surface area contributed by atoms with Crippen molar-refractivity contribution in [3.05, 3.63) is 53.0 Å². The van der Waals surface area contributed by atoms with E-state index >= 15 is 0 Å². The van der Waals surface area contributed by atoms with Crippen LogP contribution in [0.5, 0.6) is 0 Å². The first kappa shape index (κ1) is 24.4. The van der Waals surface area contributed by atoms with Crippen LogP contribution in [0.2, 0.25) is 0 Å². The molecule has 35 heavy (non-hydrogen) atoms. The molecule has 3 aromatic rings. The fraction of sp³-hybridized carbons (Fsp3) is 0.375. The van der Waals surface area contributed by atoms with Gasteiger partial charge in [-0.2, -0.15) is 13.2 Å². The number of halogens is 3. The summed E-state index contributed by atoms with van der Waals surface area (Å²) in [5, 5.41) is 3.74. The fourth-order valence-electron chi connectivity index (χ4n) is 4.30. The largest absolute Gasteiger partial charge is 0.416 e. The summed E-state index contributed by atoms with van der Waals surface area (Å²) >= 11 is 0. The molecule has 4 rings (SSSR count). The highest BCUT2D eigenvalue weighted by Gasteiger charge is 2.33. The third kappa shape index (κ3) is 4.89. The Bertz CT molecular complexity index is 1310. The van der Waals surface area contributed by atoms with Crippen molar-refractivity contribution in [2.45, 2.75) is 39.9 Å². The zero-order valence-corrected chi connectivity index (χ0v) is 19.8. The maximum atomic E-state index is 13.4. The number of benzene rings is 1. The second kappa shape index (κ2) is 9.12. The van der Waals surface area contributed by atoms with Gasteiger partial charge in [0.05, 0.1) is 28.9 Å². The van der Waals surface area contributed by atoms with E-state index in [0.717, 1.165) is 6.07 Å². The summed E-state index contributed by atoms with van der Waals surface area (Å²) in [6.45, 7) is 7.03. The third-order valence-electron chi connectivity index (χ3n) is 6.13. The van der Waals surface area contributed by atoms with Crippen molar-refractivity contribution < 1.29 is 22.8 Å². The maximum Gasteiger partial charge on any atom is 0.416 e. The molecule has 0 aliphatic carbocycles. The van der Waals surface area contributed by atoms with Gasteiger partial charge in [-0.05, 0) is 44.0 Å². The van der Waals surface area contributed by atoms with Crippen LogP contribution in [0.25, 0.3) is 11.0 Å². The standard InChI is InChI=1S/C24H25F3N6O2/c1-13-18(6-5-7-20(13)24(25,26)27)14(2)29-23-19-10-17(11-28-22(19)30-15(3)31-23)33-9-8-32(16(4)34)12-21(33)35/h5-7,10-11,14H,8-9,12H2,1-4H3,(H,28,29,30,31). The van der Waals surface area contributed by atoms with Gasteiger partial charge in [-0.1, -0.05) is 12.1 Å². The first-order chi connectivity index (χ1) is 16.5. The number of anilines is 2. The van der Waals surface area contributed by atoms with Crippen LogP contribution in [0, 0.1) is 13.8 Å². The molecule has 2 amide bonds. The number of amides is 2. The summed E-state index contributed by atoms with van der Waals surface area (Å²) in [5.41, 5.74) is 0.877. The number of rotatable bonds is 4. The van der Waals surface area contributed by atoms with Crippen LogP contribution >= 0.6 is 0 Å². The number of aromatic nitrogens is 3. The molecule has 0 bridgehead atoms. The van der Waals surface area contributed by atoms with E-state index in [4.69, 9.17) is 0 Å². The number of piperazine rings is 1. The summed E-state index contributed by atoms with van der Waals surface area (Å²) in [6, 6.07) is 5.33. The number of fused-ring (bicyclic) bond motifs is 1. The molecule has 0 radical (unpaired) electrons. The van der Waals surface area contributed by atoms with Gasteiger partial charge in [-0.25, -0.2) is 15.0 Å². The summed E-state index contributed by atoms with van der Waals surface area (Å²) < 4.78 is 40.2. The number of nitrogens with zero attached hydrogens (tertiary/aromatic N) is 5. The van der Waals surface area contributed by atoms with Gasteiger partial charge in [-0.3, -0.25) is 9.59 Å². The van der Waals surface area contributed by atoms with E-state index in [2.05, 4.69) is 20.3 Å². The van der Waals surface area contributed by atoms with E-state index in [0.29, 0.717) is 47.0 Å². The van der Waals surface area contributed by atoms with Crippen LogP contribution < -0.4 is 10.2 Å². The Hall–Kier alpha value is -3.76. The minimum Gasteiger partial charge on any atom is -0.363 e. The lowest BCUT2D eigenvalue weighted by atomic mass is 9.97. The number of aryl methyl sites for hydroxylation is 1. The molecule has 11 heteroatoms. The second-order valence-corrected chi connectivity index (χ2v) is 8.55. The van der Waals surface area contributed by atoms with Gasteiger partial charge in [0.15, 0.2) is 5.65 Å². The smallest absolute Gasteiger partial charge is 0.363 e. The molecule has 1 saturated heterocycles. The summed E-state index contributed by atoms with van der Waals surface area (Å²) in [5.74, 6) is 0.451. The molecule has 184 valence electrons. The topological polar surface area (TPSA) is 91.3 Å². The highest BCUT2D eigenvalue weighted by atomic mass is 19.4. The normalized spacial score (nSPS) is 15.5. The Morgan fingerprint density at radius 2 is 1.91 bits per heavy atom. The number of hydrogen-bond donors (Lipinski definition) is 1. The minimum atomic E-state index is -4.45. The average Bonchev–Trinajstić information content (AvgIpc) is 2.78. The molecule has 1 fully saturated rings. The van der Waals surface area contributed by atoms with Crippen LogP contribution in [-0.2, 0) is 15.8 Å². The van der Waals surface area contributed by atoms with E-state index in [1.54, 1.807) is 37.1 Å². The number of pyridine rings is 1. The molecule has 1 aliphatic rings.